The van der Waals surface area contributed by atoms with Crippen LogP contribution in [0.5, 0.6) is 0 Å². The Balaban J connectivity index is 1.75. The molecule has 5 heteroatoms. The first kappa shape index (κ1) is 14.7. The van der Waals surface area contributed by atoms with Crippen LogP contribution in [0.1, 0.15) is 13.3 Å². The van der Waals surface area contributed by atoms with Crippen molar-refractivity contribution in [2.75, 3.05) is 25.4 Å². The standard InChI is InChI=1S/C14H19ClN2OS/c1-11-10-16-7-8-17(11)14(18)6-9-19-13-4-2-12(15)3-5-13/h2-5,11,16H,6-10H2,1H3/t11-/m1/s1. The summed E-state index contributed by atoms with van der Waals surface area (Å²) in [6, 6.07) is 8.05. The Hall–Kier alpha value is -0.710. The quantitative estimate of drug-likeness (QED) is 0.867. The summed E-state index contributed by atoms with van der Waals surface area (Å²) in [5.41, 5.74) is 0. The van der Waals surface area contributed by atoms with Crippen LogP contribution in [0.3, 0.4) is 0 Å². The Labute approximate surface area is 123 Å². The fraction of sp³-hybridized carbons (Fsp3) is 0.500. The number of amides is 1. The zero-order valence-electron chi connectivity index (χ0n) is 11.1. The predicted octanol–water partition coefficient (Wildman–Crippen LogP) is 2.64. The van der Waals surface area contributed by atoms with Gasteiger partial charge in [0.25, 0.3) is 0 Å². The highest BCUT2D eigenvalue weighted by atomic mass is 35.5. The molecule has 1 saturated heterocycles. The van der Waals surface area contributed by atoms with E-state index in [-0.39, 0.29) is 5.91 Å². The van der Waals surface area contributed by atoms with Crippen LogP contribution in [0.15, 0.2) is 29.2 Å². The minimum atomic E-state index is 0.260. The maximum atomic E-state index is 12.1. The van der Waals surface area contributed by atoms with Crippen LogP contribution in [-0.4, -0.2) is 42.2 Å². The highest BCUT2D eigenvalue weighted by molar-refractivity contribution is 7.99. The third-order valence-electron chi connectivity index (χ3n) is 3.22. The summed E-state index contributed by atoms with van der Waals surface area (Å²) in [6.45, 7) is 4.72. The van der Waals surface area contributed by atoms with Gasteiger partial charge in [-0.15, -0.1) is 11.8 Å². The molecule has 1 aromatic rings. The lowest BCUT2D eigenvalue weighted by atomic mass is 10.2. The lowest BCUT2D eigenvalue weighted by Crippen LogP contribution is -2.52. The van der Waals surface area contributed by atoms with E-state index < -0.39 is 0 Å². The molecule has 19 heavy (non-hydrogen) atoms. The molecular weight excluding hydrogens is 280 g/mol. The Morgan fingerprint density at radius 2 is 2.21 bits per heavy atom. The van der Waals surface area contributed by atoms with Gasteiger partial charge in [-0.05, 0) is 31.2 Å². The van der Waals surface area contributed by atoms with Gasteiger partial charge >= 0.3 is 0 Å². The summed E-state index contributed by atoms with van der Waals surface area (Å²) in [6.07, 6.45) is 0.595. The van der Waals surface area contributed by atoms with Gasteiger partial charge in [0.05, 0.1) is 0 Å². The monoisotopic (exact) mass is 298 g/mol. The number of nitrogens with one attached hydrogen (secondary N) is 1. The zero-order valence-corrected chi connectivity index (χ0v) is 12.6. The number of nitrogens with zero attached hydrogens (tertiary/aromatic N) is 1. The van der Waals surface area contributed by atoms with Crippen LogP contribution >= 0.6 is 23.4 Å². The van der Waals surface area contributed by atoms with Gasteiger partial charge in [-0.1, -0.05) is 11.6 Å². The summed E-state index contributed by atoms with van der Waals surface area (Å²) in [5, 5.41) is 4.04. The molecule has 1 heterocycles. The van der Waals surface area contributed by atoms with Crippen LogP contribution in [-0.2, 0) is 4.79 Å². The molecule has 104 valence electrons. The highest BCUT2D eigenvalue weighted by Gasteiger charge is 2.22. The fourth-order valence-corrected chi connectivity index (χ4v) is 3.11. The van der Waals surface area contributed by atoms with E-state index in [1.807, 2.05) is 29.2 Å². The second-order valence-corrected chi connectivity index (χ2v) is 6.30. The normalized spacial score (nSPS) is 19.5. The molecule has 0 radical (unpaired) electrons. The van der Waals surface area contributed by atoms with Crippen molar-refractivity contribution in [2.45, 2.75) is 24.3 Å². The maximum Gasteiger partial charge on any atom is 0.223 e. The molecule has 0 unspecified atom stereocenters. The van der Waals surface area contributed by atoms with Crippen molar-refractivity contribution >= 4 is 29.3 Å². The summed E-state index contributed by atoms with van der Waals surface area (Å²) >= 11 is 7.54. The number of halogens is 1. The number of hydrogen-bond donors (Lipinski definition) is 1. The lowest BCUT2D eigenvalue weighted by molar-refractivity contribution is -0.133. The van der Waals surface area contributed by atoms with Gasteiger partial charge in [0.1, 0.15) is 0 Å². The van der Waals surface area contributed by atoms with Crippen LogP contribution < -0.4 is 5.32 Å². The van der Waals surface area contributed by atoms with E-state index in [0.29, 0.717) is 12.5 Å². The molecule has 2 rings (SSSR count). The maximum absolute atomic E-state index is 12.1. The van der Waals surface area contributed by atoms with E-state index in [0.717, 1.165) is 35.3 Å². The van der Waals surface area contributed by atoms with Crippen molar-refractivity contribution in [3.05, 3.63) is 29.3 Å². The van der Waals surface area contributed by atoms with Gasteiger partial charge in [0.15, 0.2) is 0 Å². The second-order valence-electron chi connectivity index (χ2n) is 4.69. The van der Waals surface area contributed by atoms with Crippen molar-refractivity contribution in [1.29, 1.82) is 0 Å². The molecule has 1 N–H and O–H groups in total. The molecule has 1 fully saturated rings. The molecule has 0 bridgehead atoms. The minimum absolute atomic E-state index is 0.260. The van der Waals surface area contributed by atoms with E-state index in [4.69, 9.17) is 11.6 Å². The van der Waals surface area contributed by atoms with Crippen LogP contribution in [0, 0.1) is 0 Å². The van der Waals surface area contributed by atoms with Crippen molar-refractivity contribution in [2.24, 2.45) is 0 Å². The van der Waals surface area contributed by atoms with Gasteiger partial charge in [-0.2, -0.15) is 0 Å². The molecule has 0 spiro atoms. The first-order valence-corrected chi connectivity index (χ1v) is 7.92. The number of carbonyl (C=O) groups is 1. The van der Waals surface area contributed by atoms with Gasteiger partial charge in [0.2, 0.25) is 5.91 Å². The largest absolute Gasteiger partial charge is 0.337 e. The summed E-state index contributed by atoms with van der Waals surface area (Å²) in [5.74, 6) is 1.08. The Bertz CT molecular complexity index is 424. The molecule has 1 amide bonds. The number of benzene rings is 1. The van der Waals surface area contributed by atoms with E-state index >= 15 is 0 Å². The Kier molecular flexibility index (Phi) is 5.55. The molecule has 1 atom stereocenters. The molecule has 0 aromatic heterocycles. The first-order valence-electron chi connectivity index (χ1n) is 6.55. The number of piperazine rings is 1. The number of rotatable bonds is 4. The number of carbonyl (C=O) groups excluding carboxylic acids is 1. The third kappa shape index (κ3) is 4.41. The Morgan fingerprint density at radius 3 is 2.89 bits per heavy atom. The molecule has 1 aliphatic rings. The van der Waals surface area contributed by atoms with Crippen molar-refractivity contribution in [1.82, 2.24) is 10.2 Å². The predicted molar refractivity (Wildman–Crippen MR) is 80.8 cm³/mol. The molecule has 3 nitrogen and oxygen atoms in total. The summed E-state index contributed by atoms with van der Waals surface area (Å²) in [4.78, 5) is 15.3. The van der Waals surface area contributed by atoms with E-state index in [1.54, 1.807) is 11.8 Å². The van der Waals surface area contributed by atoms with E-state index in [9.17, 15) is 4.79 Å². The summed E-state index contributed by atoms with van der Waals surface area (Å²) in [7, 11) is 0. The highest BCUT2D eigenvalue weighted by Crippen LogP contribution is 2.21. The average molecular weight is 299 g/mol. The SMILES string of the molecule is C[C@@H]1CNCCN1C(=O)CCSc1ccc(Cl)cc1. The third-order valence-corrected chi connectivity index (χ3v) is 4.49. The van der Waals surface area contributed by atoms with Gasteiger partial charge in [-0.3, -0.25) is 4.79 Å². The fourth-order valence-electron chi connectivity index (χ4n) is 2.14. The van der Waals surface area contributed by atoms with E-state index in [1.165, 1.54) is 0 Å². The van der Waals surface area contributed by atoms with Crippen molar-refractivity contribution in [3.63, 3.8) is 0 Å². The van der Waals surface area contributed by atoms with Crippen molar-refractivity contribution in [3.8, 4) is 0 Å². The van der Waals surface area contributed by atoms with Crippen molar-refractivity contribution < 1.29 is 4.79 Å². The number of hydrogen-bond acceptors (Lipinski definition) is 3. The molecule has 0 aliphatic carbocycles. The van der Waals surface area contributed by atoms with Gasteiger partial charge in [-0.25, -0.2) is 0 Å². The molecular formula is C14H19ClN2OS. The molecule has 1 aliphatic heterocycles. The number of thioether (sulfide) groups is 1. The smallest absolute Gasteiger partial charge is 0.223 e. The second kappa shape index (κ2) is 7.17. The van der Waals surface area contributed by atoms with Crippen LogP contribution in [0.2, 0.25) is 5.02 Å². The Morgan fingerprint density at radius 1 is 1.47 bits per heavy atom. The molecule has 1 aromatic carbocycles. The average Bonchev–Trinajstić information content (AvgIpc) is 2.41. The van der Waals surface area contributed by atoms with Crippen LogP contribution in [0.4, 0.5) is 0 Å². The molecule has 0 saturated carbocycles. The van der Waals surface area contributed by atoms with E-state index in [2.05, 4.69) is 12.2 Å². The topological polar surface area (TPSA) is 32.3 Å². The lowest BCUT2D eigenvalue weighted by Gasteiger charge is -2.34. The van der Waals surface area contributed by atoms with Gasteiger partial charge < -0.3 is 10.2 Å². The zero-order chi connectivity index (χ0) is 13.7. The van der Waals surface area contributed by atoms with Crippen LogP contribution in [0.25, 0.3) is 0 Å². The minimum Gasteiger partial charge on any atom is -0.337 e. The van der Waals surface area contributed by atoms with Gasteiger partial charge in [0, 0.05) is 47.8 Å². The first-order chi connectivity index (χ1) is 9.16. The summed E-state index contributed by atoms with van der Waals surface area (Å²) < 4.78 is 0.